The van der Waals surface area contributed by atoms with Gasteiger partial charge < -0.3 is 8.98 Å². The van der Waals surface area contributed by atoms with Gasteiger partial charge in [0.15, 0.2) is 23.1 Å². The van der Waals surface area contributed by atoms with Crippen LogP contribution in [-0.4, -0.2) is 19.5 Å². The third-order valence-corrected chi connectivity index (χ3v) is 10.2. The van der Waals surface area contributed by atoms with Crippen LogP contribution in [0, 0.1) is 0 Å². The normalized spacial score (nSPS) is 11.8. The van der Waals surface area contributed by atoms with E-state index in [0.717, 1.165) is 66.1 Å². The number of rotatable bonds is 4. The van der Waals surface area contributed by atoms with Gasteiger partial charge in [-0.15, -0.1) is 0 Å². The average molecular weight is 665 g/mol. The van der Waals surface area contributed by atoms with Crippen molar-refractivity contribution in [1.29, 1.82) is 0 Å². The molecule has 52 heavy (non-hydrogen) atoms. The first-order chi connectivity index (χ1) is 25.8. The Morgan fingerprint density at radius 3 is 1.71 bits per heavy atom. The Morgan fingerprint density at radius 1 is 0.404 bits per heavy atom. The van der Waals surface area contributed by atoms with Crippen molar-refractivity contribution < 1.29 is 4.42 Å². The topological polar surface area (TPSA) is 56.7 Å². The van der Waals surface area contributed by atoms with Crippen LogP contribution in [0.4, 0.5) is 0 Å². The Hall–Kier alpha value is -7.11. The molecule has 11 aromatic rings. The Kier molecular flexibility index (Phi) is 6.18. The molecule has 0 N–H and O–H groups in total. The largest absolute Gasteiger partial charge is 0.454 e. The van der Waals surface area contributed by atoms with E-state index in [1.54, 1.807) is 0 Å². The molecule has 5 heteroatoms. The number of aromatic nitrogens is 4. The van der Waals surface area contributed by atoms with Crippen molar-refractivity contribution in [1.82, 2.24) is 19.5 Å². The highest BCUT2D eigenvalue weighted by molar-refractivity contribution is 6.21. The predicted octanol–water partition coefficient (Wildman–Crippen LogP) is 12.2. The van der Waals surface area contributed by atoms with Crippen molar-refractivity contribution in [3.05, 3.63) is 170 Å². The smallest absolute Gasteiger partial charge is 0.164 e. The first kappa shape index (κ1) is 28.7. The van der Waals surface area contributed by atoms with E-state index in [2.05, 4.69) is 102 Å². The van der Waals surface area contributed by atoms with Crippen LogP contribution in [0.3, 0.4) is 0 Å². The molecule has 0 fully saturated rings. The molecule has 3 aromatic heterocycles. The standard InChI is InChI=1S/C47H28N4O/c1-3-14-29(15-4-1)45-48-46(30-16-5-2-6-17-30)50-47(49-45)36-23-13-25-41-42(36)38-27-33-20-9-10-21-34(33)43(44(38)52-41)51-39-24-12-11-22-35(39)37-26-31-18-7-8-19-32(31)28-40(37)51/h1-28H. The van der Waals surface area contributed by atoms with E-state index in [9.17, 15) is 0 Å². The van der Waals surface area contributed by atoms with E-state index >= 15 is 0 Å². The second-order valence-corrected chi connectivity index (χ2v) is 13.2. The molecule has 5 nitrogen and oxygen atoms in total. The van der Waals surface area contributed by atoms with Gasteiger partial charge in [-0.2, -0.15) is 0 Å². The van der Waals surface area contributed by atoms with Crippen LogP contribution in [0.15, 0.2) is 174 Å². The highest BCUT2D eigenvalue weighted by Crippen LogP contribution is 2.44. The first-order valence-electron chi connectivity index (χ1n) is 17.5. The molecule has 8 aromatic carbocycles. The summed E-state index contributed by atoms with van der Waals surface area (Å²) in [6.07, 6.45) is 0. The Balaban J connectivity index is 1.25. The zero-order chi connectivity index (χ0) is 34.2. The van der Waals surface area contributed by atoms with E-state index in [0.29, 0.717) is 17.5 Å². The van der Waals surface area contributed by atoms with Crippen LogP contribution in [0.25, 0.3) is 105 Å². The maximum absolute atomic E-state index is 7.00. The molecule has 3 heterocycles. The lowest BCUT2D eigenvalue weighted by atomic mass is 10.0. The van der Waals surface area contributed by atoms with Crippen LogP contribution >= 0.6 is 0 Å². The summed E-state index contributed by atoms with van der Waals surface area (Å²) in [5.41, 5.74) is 7.62. The quantitative estimate of drug-likeness (QED) is 0.188. The zero-order valence-electron chi connectivity index (χ0n) is 27.9. The molecule has 11 rings (SSSR count). The highest BCUT2D eigenvalue weighted by atomic mass is 16.3. The fourth-order valence-electron chi connectivity index (χ4n) is 7.84. The molecule has 0 atom stereocenters. The maximum Gasteiger partial charge on any atom is 0.164 e. The molecule has 0 aliphatic carbocycles. The second-order valence-electron chi connectivity index (χ2n) is 13.2. The summed E-state index contributed by atoms with van der Waals surface area (Å²) in [7, 11) is 0. The molecule has 0 aliphatic heterocycles. The lowest BCUT2D eigenvalue weighted by molar-refractivity contribution is 0.667. The van der Waals surface area contributed by atoms with Gasteiger partial charge in [0.2, 0.25) is 0 Å². The SMILES string of the molecule is c1ccc(-c2nc(-c3ccccc3)nc(-c3cccc4oc5c(-n6c7ccccc7c7cc8ccccc8cc76)c6ccccc6cc5c34)n2)cc1. The predicted molar refractivity (Wildman–Crippen MR) is 213 cm³/mol. The number of para-hydroxylation sites is 1. The lowest BCUT2D eigenvalue weighted by Gasteiger charge is -2.13. The van der Waals surface area contributed by atoms with Gasteiger partial charge in [-0.05, 0) is 46.5 Å². The molecule has 0 saturated carbocycles. The minimum atomic E-state index is 0.596. The second kappa shape index (κ2) is 11.2. The maximum atomic E-state index is 7.00. The summed E-state index contributed by atoms with van der Waals surface area (Å²) in [6.45, 7) is 0. The molecule has 0 bridgehead atoms. The molecule has 0 unspecified atom stereocenters. The van der Waals surface area contributed by atoms with Gasteiger partial charge in [0.05, 0.1) is 16.7 Å². The van der Waals surface area contributed by atoms with Crippen molar-refractivity contribution in [2.45, 2.75) is 0 Å². The lowest BCUT2D eigenvalue weighted by Crippen LogP contribution is -2.00. The molecule has 0 radical (unpaired) electrons. The summed E-state index contributed by atoms with van der Waals surface area (Å²) in [5, 5.41) is 9.04. The van der Waals surface area contributed by atoms with Gasteiger partial charge in [-0.3, -0.25) is 0 Å². The van der Waals surface area contributed by atoms with Crippen LogP contribution in [0.5, 0.6) is 0 Å². The van der Waals surface area contributed by atoms with E-state index in [1.807, 2.05) is 72.8 Å². The molecular formula is C47H28N4O. The summed E-state index contributed by atoms with van der Waals surface area (Å²) < 4.78 is 9.40. The molecule has 0 amide bonds. The van der Waals surface area contributed by atoms with Gasteiger partial charge >= 0.3 is 0 Å². The Labute approximate surface area is 298 Å². The van der Waals surface area contributed by atoms with Gasteiger partial charge in [0, 0.05) is 43.6 Å². The van der Waals surface area contributed by atoms with Crippen LogP contribution in [0.1, 0.15) is 0 Å². The van der Waals surface area contributed by atoms with Crippen molar-refractivity contribution in [3.63, 3.8) is 0 Å². The van der Waals surface area contributed by atoms with Crippen LogP contribution in [0.2, 0.25) is 0 Å². The minimum Gasteiger partial charge on any atom is -0.454 e. The van der Waals surface area contributed by atoms with Gasteiger partial charge in [0.1, 0.15) is 5.58 Å². The number of benzene rings is 8. The van der Waals surface area contributed by atoms with E-state index in [-0.39, 0.29) is 0 Å². The van der Waals surface area contributed by atoms with Crippen molar-refractivity contribution in [3.8, 4) is 39.9 Å². The van der Waals surface area contributed by atoms with E-state index < -0.39 is 0 Å². The fourth-order valence-corrected chi connectivity index (χ4v) is 7.84. The summed E-state index contributed by atoms with van der Waals surface area (Å²) in [6, 6.07) is 59.1. The summed E-state index contributed by atoms with van der Waals surface area (Å²) in [5.74, 6) is 1.84. The molecule has 0 aliphatic rings. The number of fused-ring (bicyclic) bond motifs is 8. The highest BCUT2D eigenvalue weighted by Gasteiger charge is 2.24. The van der Waals surface area contributed by atoms with Gasteiger partial charge in [-0.25, -0.2) is 15.0 Å². The fraction of sp³-hybridized carbons (Fsp3) is 0. The van der Waals surface area contributed by atoms with Gasteiger partial charge in [0.25, 0.3) is 0 Å². The average Bonchev–Trinajstić information content (AvgIpc) is 3.74. The van der Waals surface area contributed by atoms with E-state index in [4.69, 9.17) is 19.4 Å². The summed E-state index contributed by atoms with van der Waals surface area (Å²) in [4.78, 5) is 15.2. The number of hydrogen-bond acceptors (Lipinski definition) is 4. The zero-order valence-corrected chi connectivity index (χ0v) is 27.9. The number of nitrogens with zero attached hydrogens (tertiary/aromatic N) is 4. The first-order valence-corrected chi connectivity index (χ1v) is 17.5. The van der Waals surface area contributed by atoms with Gasteiger partial charge in [-0.1, -0.05) is 140 Å². The molecule has 0 spiro atoms. The Bertz CT molecular complexity index is 3120. The Morgan fingerprint density at radius 2 is 0.981 bits per heavy atom. The molecule has 0 saturated heterocycles. The molecule has 242 valence electrons. The third-order valence-electron chi connectivity index (χ3n) is 10.2. The minimum absolute atomic E-state index is 0.596. The van der Waals surface area contributed by atoms with E-state index in [1.165, 1.54) is 21.5 Å². The van der Waals surface area contributed by atoms with Crippen molar-refractivity contribution in [2.75, 3.05) is 0 Å². The third kappa shape index (κ3) is 4.33. The summed E-state index contributed by atoms with van der Waals surface area (Å²) >= 11 is 0. The van der Waals surface area contributed by atoms with Crippen LogP contribution < -0.4 is 0 Å². The number of furan rings is 1. The number of hydrogen-bond donors (Lipinski definition) is 0. The van der Waals surface area contributed by atoms with Crippen molar-refractivity contribution >= 4 is 65.3 Å². The molecular weight excluding hydrogens is 637 g/mol. The van der Waals surface area contributed by atoms with Crippen LogP contribution in [-0.2, 0) is 0 Å². The monoisotopic (exact) mass is 664 g/mol. The van der Waals surface area contributed by atoms with Crippen molar-refractivity contribution in [2.24, 2.45) is 0 Å².